The second-order valence-electron chi connectivity index (χ2n) is 10.0. The van der Waals surface area contributed by atoms with E-state index in [1.807, 2.05) is 0 Å². The van der Waals surface area contributed by atoms with Gasteiger partial charge >= 0.3 is 18.4 Å². The lowest BCUT2D eigenvalue weighted by Crippen LogP contribution is -2.48. The van der Waals surface area contributed by atoms with Crippen molar-refractivity contribution < 1.29 is 50.8 Å². The number of carbonyl (C=O) groups excluding carboxylic acids is 1. The molecule has 12 heteroatoms. The number of amides is 1. The third-order valence-corrected chi connectivity index (χ3v) is 7.15. The standard InChI is InChI=1S/C30H28F6N2O4/c1-2-42-27(39)37-26-13-3-20(4-14-26)19-38(41)17-15-23(16-18-38)28(40,21-5-9-24(10-6-21)29(31,32)33)22-7-11-25(12-8-22)30(34,35)36/h3-15,40-41H,2,16-19H2,1H3/p+1. The van der Waals surface area contributed by atoms with Gasteiger partial charge in [0.05, 0.1) is 17.7 Å². The molecule has 0 aliphatic carbocycles. The van der Waals surface area contributed by atoms with Crippen molar-refractivity contribution in [2.45, 2.75) is 37.8 Å². The Morgan fingerprint density at radius 3 is 1.71 bits per heavy atom. The Morgan fingerprint density at radius 1 is 0.833 bits per heavy atom. The van der Waals surface area contributed by atoms with Crippen LogP contribution in [-0.4, -0.2) is 40.7 Å². The first-order valence-corrected chi connectivity index (χ1v) is 13.0. The van der Waals surface area contributed by atoms with Gasteiger partial charge in [0.15, 0.2) is 0 Å². The number of nitrogens with one attached hydrogen (secondary N) is 1. The molecule has 3 N–H and O–H groups in total. The molecule has 1 aliphatic heterocycles. The number of anilines is 1. The molecule has 6 nitrogen and oxygen atoms in total. The number of hydroxylamine groups is 3. The van der Waals surface area contributed by atoms with Crippen molar-refractivity contribution >= 4 is 11.8 Å². The summed E-state index contributed by atoms with van der Waals surface area (Å²) in [4.78, 5) is 11.6. The molecule has 0 saturated heterocycles. The molecule has 4 rings (SSSR count). The lowest BCUT2D eigenvalue weighted by Gasteiger charge is -2.39. The molecule has 1 amide bonds. The third kappa shape index (κ3) is 6.94. The van der Waals surface area contributed by atoms with Crippen LogP contribution in [0.3, 0.4) is 0 Å². The van der Waals surface area contributed by atoms with Gasteiger partial charge in [-0.25, -0.2) is 10.0 Å². The van der Waals surface area contributed by atoms with Crippen molar-refractivity contribution in [3.8, 4) is 0 Å². The van der Waals surface area contributed by atoms with Crippen LogP contribution in [0.4, 0.5) is 36.8 Å². The zero-order valence-electron chi connectivity index (χ0n) is 22.5. The minimum absolute atomic E-state index is 0.0156. The Morgan fingerprint density at radius 2 is 1.31 bits per heavy atom. The predicted octanol–water partition coefficient (Wildman–Crippen LogP) is 7.26. The van der Waals surface area contributed by atoms with Crippen LogP contribution in [0.5, 0.6) is 0 Å². The van der Waals surface area contributed by atoms with Crippen LogP contribution in [0, 0.1) is 0 Å². The van der Waals surface area contributed by atoms with E-state index in [1.165, 1.54) is 0 Å². The molecule has 3 aromatic rings. The van der Waals surface area contributed by atoms with E-state index in [-0.39, 0.29) is 43.8 Å². The SMILES string of the molecule is CCOC(=O)Nc1ccc(C[N+]2(O)CC=C(C(O)(c3ccc(C(F)(F)F)cc3)c3ccc(C(F)(F)F)cc3)CC2)cc1. The van der Waals surface area contributed by atoms with Gasteiger partial charge < -0.3 is 9.84 Å². The van der Waals surface area contributed by atoms with Crippen LogP contribution >= 0.6 is 0 Å². The number of nitrogens with zero attached hydrogens (tertiary/aromatic N) is 1. The largest absolute Gasteiger partial charge is 0.450 e. The topological polar surface area (TPSA) is 78.8 Å². The van der Waals surface area contributed by atoms with Gasteiger partial charge in [-0.15, -0.1) is 0 Å². The Balaban J connectivity index is 1.61. The summed E-state index contributed by atoms with van der Waals surface area (Å²) in [5.41, 5.74) is -2.25. The average molecular weight is 596 g/mol. The first-order valence-electron chi connectivity index (χ1n) is 13.0. The van der Waals surface area contributed by atoms with E-state index in [9.17, 15) is 41.5 Å². The van der Waals surface area contributed by atoms with Crippen LogP contribution in [0.1, 0.15) is 41.2 Å². The summed E-state index contributed by atoms with van der Waals surface area (Å²) >= 11 is 0. The highest BCUT2D eigenvalue weighted by atomic mass is 19.4. The van der Waals surface area contributed by atoms with Gasteiger partial charge in [-0.2, -0.15) is 31.0 Å². The highest BCUT2D eigenvalue weighted by molar-refractivity contribution is 5.84. The Kier molecular flexibility index (Phi) is 8.72. The molecule has 42 heavy (non-hydrogen) atoms. The second-order valence-corrected chi connectivity index (χ2v) is 10.0. The molecule has 0 radical (unpaired) electrons. The molecule has 0 fully saturated rings. The summed E-state index contributed by atoms with van der Waals surface area (Å²) in [5.74, 6) is 0. The molecule has 0 aromatic heterocycles. The first kappa shape index (κ1) is 31.1. The minimum atomic E-state index is -4.61. The van der Waals surface area contributed by atoms with E-state index in [0.29, 0.717) is 11.3 Å². The summed E-state index contributed by atoms with van der Waals surface area (Å²) in [6.45, 7) is 2.19. The molecule has 1 unspecified atom stereocenters. The summed E-state index contributed by atoms with van der Waals surface area (Å²) in [6, 6.07) is 14.4. The number of halogens is 6. The molecule has 3 aromatic carbocycles. The maximum absolute atomic E-state index is 13.2. The molecule has 0 spiro atoms. The van der Waals surface area contributed by atoms with Crippen molar-refractivity contribution in [1.82, 2.24) is 0 Å². The fraction of sp³-hybridized carbons (Fsp3) is 0.300. The molecule has 0 saturated carbocycles. The average Bonchev–Trinajstić information content (AvgIpc) is 2.93. The van der Waals surface area contributed by atoms with E-state index in [0.717, 1.165) is 54.1 Å². The summed E-state index contributed by atoms with van der Waals surface area (Å²) in [5, 5.41) is 25.8. The number of aliphatic hydroxyl groups is 1. The Labute approximate surface area is 238 Å². The lowest BCUT2D eigenvalue weighted by atomic mass is 9.77. The van der Waals surface area contributed by atoms with Gasteiger partial charge in [-0.3, -0.25) is 5.32 Å². The zero-order chi connectivity index (χ0) is 30.8. The van der Waals surface area contributed by atoms with E-state index in [4.69, 9.17) is 4.74 Å². The van der Waals surface area contributed by atoms with E-state index in [1.54, 1.807) is 37.3 Å². The van der Waals surface area contributed by atoms with E-state index >= 15 is 0 Å². The molecule has 0 bridgehead atoms. The number of quaternary nitrogens is 1. The molecule has 224 valence electrons. The van der Waals surface area contributed by atoms with Crippen LogP contribution in [-0.2, 0) is 29.2 Å². The molecular formula is C30H29F6N2O4+. The highest BCUT2D eigenvalue weighted by Gasteiger charge is 2.42. The van der Waals surface area contributed by atoms with Gasteiger partial charge in [0.2, 0.25) is 0 Å². The van der Waals surface area contributed by atoms with Crippen molar-refractivity contribution in [2.75, 3.05) is 25.0 Å². The van der Waals surface area contributed by atoms with Gasteiger partial charge in [-0.1, -0.05) is 36.4 Å². The molecular weight excluding hydrogens is 566 g/mol. The number of hydrogen-bond acceptors (Lipinski definition) is 4. The Hall–Kier alpha value is -3.87. The lowest BCUT2D eigenvalue weighted by molar-refractivity contribution is -1.11. The minimum Gasteiger partial charge on any atom is -0.450 e. The van der Waals surface area contributed by atoms with Crippen LogP contribution in [0.2, 0.25) is 0 Å². The van der Waals surface area contributed by atoms with Gasteiger partial charge in [-0.05, 0) is 66.1 Å². The smallest absolute Gasteiger partial charge is 0.416 e. The van der Waals surface area contributed by atoms with Crippen molar-refractivity contribution in [1.29, 1.82) is 0 Å². The second kappa shape index (κ2) is 11.8. The van der Waals surface area contributed by atoms with Gasteiger partial charge in [0, 0.05) is 17.7 Å². The molecule has 1 atom stereocenters. The number of benzene rings is 3. The predicted molar refractivity (Wildman–Crippen MR) is 141 cm³/mol. The van der Waals surface area contributed by atoms with Crippen LogP contribution < -0.4 is 5.32 Å². The van der Waals surface area contributed by atoms with Crippen molar-refractivity contribution in [3.63, 3.8) is 0 Å². The number of alkyl halides is 6. The molecule has 1 heterocycles. The fourth-order valence-electron chi connectivity index (χ4n) is 4.93. The number of ether oxygens (including phenoxy) is 1. The number of carbonyl (C=O) groups is 1. The van der Waals surface area contributed by atoms with Crippen LogP contribution in [0.25, 0.3) is 0 Å². The number of rotatable bonds is 7. The van der Waals surface area contributed by atoms with E-state index in [2.05, 4.69) is 5.32 Å². The zero-order valence-corrected chi connectivity index (χ0v) is 22.5. The molecule has 1 aliphatic rings. The summed E-state index contributed by atoms with van der Waals surface area (Å²) < 4.78 is 83.5. The van der Waals surface area contributed by atoms with Crippen molar-refractivity contribution in [2.24, 2.45) is 0 Å². The van der Waals surface area contributed by atoms with E-state index < -0.39 is 39.8 Å². The maximum Gasteiger partial charge on any atom is 0.416 e. The quantitative estimate of drug-likeness (QED) is 0.153. The highest BCUT2D eigenvalue weighted by Crippen LogP contribution is 2.42. The van der Waals surface area contributed by atoms with Crippen molar-refractivity contribution in [3.05, 3.63) is 112 Å². The van der Waals surface area contributed by atoms with Gasteiger partial charge in [0.25, 0.3) is 0 Å². The Bertz CT molecular complexity index is 1360. The summed E-state index contributed by atoms with van der Waals surface area (Å²) in [7, 11) is 0. The number of hydrogen-bond donors (Lipinski definition) is 3. The van der Waals surface area contributed by atoms with Crippen LogP contribution in [0.15, 0.2) is 84.4 Å². The normalized spacial score (nSPS) is 17.9. The van der Waals surface area contributed by atoms with Gasteiger partial charge in [0.1, 0.15) is 25.2 Å². The maximum atomic E-state index is 13.2. The monoisotopic (exact) mass is 595 g/mol. The third-order valence-electron chi connectivity index (χ3n) is 7.15. The summed E-state index contributed by atoms with van der Waals surface area (Å²) in [6.07, 6.45) is -8.17. The first-order chi connectivity index (χ1) is 19.6. The fourth-order valence-corrected chi connectivity index (χ4v) is 4.93.